The molecule has 0 aliphatic heterocycles. The zero-order valence-electron chi connectivity index (χ0n) is 15.8. The van der Waals surface area contributed by atoms with E-state index in [0.717, 1.165) is 5.56 Å². The van der Waals surface area contributed by atoms with E-state index in [1.54, 1.807) is 31.4 Å². The monoisotopic (exact) mass is 390 g/mol. The van der Waals surface area contributed by atoms with E-state index in [9.17, 15) is 9.59 Å². The van der Waals surface area contributed by atoms with Gasteiger partial charge in [0.15, 0.2) is 11.5 Å². The average Bonchev–Trinajstić information content (AvgIpc) is 2.64. The minimum Gasteiger partial charge on any atom is -0.493 e. The van der Waals surface area contributed by atoms with Crippen LogP contribution in [0.3, 0.4) is 0 Å². The molecule has 144 valence electrons. The van der Waals surface area contributed by atoms with Crippen LogP contribution >= 0.6 is 11.6 Å². The highest BCUT2D eigenvalue weighted by Crippen LogP contribution is 2.30. The number of aryl methyl sites for hydroxylation is 1. The zero-order valence-corrected chi connectivity index (χ0v) is 16.6. The lowest BCUT2D eigenvalue weighted by Crippen LogP contribution is -2.32. The molecular weight excluding hydrogens is 368 g/mol. The van der Waals surface area contributed by atoms with Gasteiger partial charge < -0.3 is 19.7 Å². The van der Waals surface area contributed by atoms with Crippen molar-refractivity contribution < 1.29 is 19.1 Å². The molecule has 2 aromatic carbocycles. The number of ether oxygens (including phenoxy) is 2. The molecule has 6 nitrogen and oxygen atoms in total. The van der Waals surface area contributed by atoms with Crippen LogP contribution in [0.5, 0.6) is 11.5 Å². The van der Waals surface area contributed by atoms with Crippen LogP contribution in [0.15, 0.2) is 36.4 Å². The molecule has 0 aromatic heterocycles. The van der Waals surface area contributed by atoms with Gasteiger partial charge in [0, 0.05) is 42.4 Å². The van der Waals surface area contributed by atoms with Crippen LogP contribution in [0.2, 0.25) is 5.02 Å². The van der Waals surface area contributed by atoms with E-state index in [1.165, 1.54) is 18.9 Å². The molecule has 0 radical (unpaired) electrons. The number of hydrogen-bond acceptors (Lipinski definition) is 4. The van der Waals surface area contributed by atoms with Crippen molar-refractivity contribution in [2.24, 2.45) is 0 Å². The van der Waals surface area contributed by atoms with Gasteiger partial charge in [-0.15, -0.1) is 0 Å². The van der Waals surface area contributed by atoms with Gasteiger partial charge in [-0.2, -0.15) is 0 Å². The zero-order chi connectivity index (χ0) is 20.0. The van der Waals surface area contributed by atoms with E-state index in [1.807, 2.05) is 19.1 Å². The summed E-state index contributed by atoms with van der Waals surface area (Å²) in [5, 5.41) is 3.37. The van der Waals surface area contributed by atoms with Crippen LogP contribution < -0.4 is 19.7 Å². The van der Waals surface area contributed by atoms with Crippen LogP contribution in [-0.4, -0.2) is 32.6 Å². The average molecular weight is 391 g/mol. The molecule has 0 aliphatic rings. The molecule has 0 fully saturated rings. The van der Waals surface area contributed by atoms with E-state index < -0.39 is 0 Å². The highest BCUT2D eigenvalue weighted by Gasteiger charge is 2.15. The van der Waals surface area contributed by atoms with Crippen LogP contribution in [-0.2, 0) is 9.59 Å². The second-order valence-electron chi connectivity index (χ2n) is 5.97. The first-order valence-corrected chi connectivity index (χ1v) is 8.79. The summed E-state index contributed by atoms with van der Waals surface area (Å²) in [5.41, 5.74) is 2.18. The number of rotatable bonds is 7. The maximum atomic E-state index is 12.3. The van der Waals surface area contributed by atoms with Crippen molar-refractivity contribution in [1.29, 1.82) is 0 Å². The summed E-state index contributed by atoms with van der Waals surface area (Å²) in [7, 11) is 3.07. The van der Waals surface area contributed by atoms with Crippen LogP contribution in [0, 0.1) is 6.92 Å². The Balaban J connectivity index is 2.04. The third-order valence-electron chi connectivity index (χ3n) is 4.08. The molecule has 0 spiro atoms. The van der Waals surface area contributed by atoms with E-state index >= 15 is 0 Å². The lowest BCUT2D eigenvalue weighted by molar-refractivity contribution is -0.117. The molecule has 0 unspecified atom stereocenters. The SMILES string of the molecule is COc1ccc(NC(=O)CCN(C(C)=O)c2ccc(C)c(Cl)c2)cc1OC. The molecular formula is C20H23ClN2O4. The molecule has 27 heavy (non-hydrogen) atoms. The largest absolute Gasteiger partial charge is 0.493 e. The molecule has 1 N–H and O–H groups in total. The molecule has 0 aliphatic carbocycles. The fourth-order valence-corrected chi connectivity index (χ4v) is 2.74. The molecule has 2 rings (SSSR count). The summed E-state index contributed by atoms with van der Waals surface area (Å²) in [6.07, 6.45) is 0.138. The quantitative estimate of drug-likeness (QED) is 0.774. The Bertz CT molecular complexity index is 839. The Morgan fingerprint density at radius 2 is 1.78 bits per heavy atom. The number of anilines is 2. The maximum absolute atomic E-state index is 12.3. The Kier molecular flexibility index (Phi) is 7.07. The highest BCUT2D eigenvalue weighted by atomic mass is 35.5. The number of methoxy groups -OCH3 is 2. The lowest BCUT2D eigenvalue weighted by Gasteiger charge is -2.21. The van der Waals surface area contributed by atoms with Crippen molar-refractivity contribution in [2.45, 2.75) is 20.3 Å². The summed E-state index contributed by atoms with van der Waals surface area (Å²) in [6, 6.07) is 10.5. The summed E-state index contributed by atoms with van der Waals surface area (Å²) in [4.78, 5) is 25.8. The third-order valence-corrected chi connectivity index (χ3v) is 4.48. The van der Waals surface area contributed by atoms with E-state index in [4.69, 9.17) is 21.1 Å². The molecule has 0 atom stereocenters. The lowest BCUT2D eigenvalue weighted by atomic mass is 10.2. The summed E-state index contributed by atoms with van der Waals surface area (Å²) >= 11 is 6.15. The fraction of sp³-hybridized carbons (Fsp3) is 0.300. The van der Waals surface area contributed by atoms with Gasteiger partial charge in [0.05, 0.1) is 14.2 Å². The van der Waals surface area contributed by atoms with E-state index in [0.29, 0.717) is 27.9 Å². The Labute approximate surface area is 164 Å². The van der Waals surface area contributed by atoms with Crippen molar-refractivity contribution in [3.05, 3.63) is 47.0 Å². The second-order valence-corrected chi connectivity index (χ2v) is 6.38. The van der Waals surface area contributed by atoms with Crippen molar-refractivity contribution in [2.75, 3.05) is 31.0 Å². The van der Waals surface area contributed by atoms with Crippen molar-refractivity contribution in [1.82, 2.24) is 0 Å². The minimum atomic E-state index is -0.216. The normalized spacial score (nSPS) is 10.3. The first-order valence-electron chi connectivity index (χ1n) is 8.42. The van der Waals surface area contributed by atoms with Crippen LogP contribution in [0.1, 0.15) is 18.9 Å². The number of hydrogen-bond donors (Lipinski definition) is 1. The van der Waals surface area contributed by atoms with Crippen LogP contribution in [0.4, 0.5) is 11.4 Å². The first-order chi connectivity index (χ1) is 12.8. The molecule has 0 bridgehead atoms. The minimum absolute atomic E-state index is 0.138. The number of nitrogens with one attached hydrogen (secondary N) is 1. The number of carbonyl (C=O) groups is 2. The van der Waals surface area contributed by atoms with Gasteiger partial charge in [0.2, 0.25) is 11.8 Å². The number of nitrogens with zero attached hydrogens (tertiary/aromatic N) is 1. The highest BCUT2D eigenvalue weighted by molar-refractivity contribution is 6.31. The first kappa shape index (κ1) is 20.6. The standard InChI is InChI=1S/C20H23ClN2O4/c1-13-5-7-16(12-17(13)21)23(14(2)24)10-9-20(25)22-15-6-8-18(26-3)19(11-15)27-4/h5-8,11-12H,9-10H2,1-4H3,(H,22,25). The summed E-state index contributed by atoms with van der Waals surface area (Å²) in [5.74, 6) is 0.727. The number of amides is 2. The molecule has 0 heterocycles. The second kappa shape index (κ2) is 9.28. The maximum Gasteiger partial charge on any atom is 0.226 e. The molecule has 2 amide bonds. The van der Waals surface area contributed by atoms with E-state index in [2.05, 4.69) is 5.32 Å². The van der Waals surface area contributed by atoms with Crippen LogP contribution in [0.25, 0.3) is 0 Å². The Hall–Kier alpha value is -2.73. The van der Waals surface area contributed by atoms with Gasteiger partial charge in [-0.3, -0.25) is 9.59 Å². The van der Waals surface area contributed by atoms with Gasteiger partial charge in [0.25, 0.3) is 0 Å². The van der Waals surface area contributed by atoms with Crippen molar-refractivity contribution in [3.8, 4) is 11.5 Å². The predicted molar refractivity (Wildman–Crippen MR) is 107 cm³/mol. The molecule has 0 saturated carbocycles. The van der Waals surface area contributed by atoms with Gasteiger partial charge in [-0.05, 0) is 36.8 Å². The van der Waals surface area contributed by atoms with Gasteiger partial charge in [-0.1, -0.05) is 17.7 Å². The number of benzene rings is 2. The predicted octanol–water partition coefficient (Wildman–Crippen LogP) is 4.05. The molecule has 7 heteroatoms. The van der Waals surface area contributed by atoms with Crippen molar-refractivity contribution >= 4 is 34.8 Å². The summed E-state index contributed by atoms with van der Waals surface area (Å²) in [6.45, 7) is 3.59. The fourth-order valence-electron chi connectivity index (χ4n) is 2.57. The third kappa shape index (κ3) is 5.37. The van der Waals surface area contributed by atoms with Gasteiger partial charge in [-0.25, -0.2) is 0 Å². The number of halogens is 1. The Morgan fingerprint density at radius 3 is 2.37 bits per heavy atom. The van der Waals surface area contributed by atoms with Crippen molar-refractivity contribution in [3.63, 3.8) is 0 Å². The topological polar surface area (TPSA) is 67.9 Å². The van der Waals surface area contributed by atoms with Gasteiger partial charge >= 0.3 is 0 Å². The Morgan fingerprint density at radius 1 is 1.07 bits per heavy atom. The molecule has 0 saturated heterocycles. The smallest absolute Gasteiger partial charge is 0.226 e. The van der Waals surface area contributed by atoms with E-state index in [-0.39, 0.29) is 24.8 Å². The van der Waals surface area contributed by atoms with Gasteiger partial charge in [0.1, 0.15) is 0 Å². The summed E-state index contributed by atoms with van der Waals surface area (Å²) < 4.78 is 10.4. The molecule has 2 aromatic rings. The number of carbonyl (C=O) groups excluding carboxylic acids is 2.